The van der Waals surface area contributed by atoms with Gasteiger partial charge in [-0.15, -0.1) is 0 Å². The van der Waals surface area contributed by atoms with Crippen molar-refractivity contribution in [2.45, 2.75) is 0 Å². The van der Waals surface area contributed by atoms with Crippen molar-refractivity contribution in [1.29, 1.82) is 0 Å². The Morgan fingerprint density at radius 2 is 1.60 bits per heavy atom. The van der Waals surface area contributed by atoms with Gasteiger partial charge in [0, 0.05) is 23.2 Å². The van der Waals surface area contributed by atoms with Gasteiger partial charge in [-0.05, 0) is 24.3 Å². The highest BCUT2D eigenvalue weighted by atomic mass is 79.9. The van der Waals surface area contributed by atoms with E-state index < -0.39 is 17.5 Å². The van der Waals surface area contributed by atoms with Crippen molar-refractivity contribution in [3.63, 3.8) is 0 Å². The molecule has 6 heteroatoms. The molecule has 0 bridgehead atoms. The molecule has 0 amide bonds. The first kappa shape index (κ1) is 14.7. The van der Waals surface area contributed by atoms with Crippen LogP contribution in [0, 0.1) is 17.5 Å². The molecule has 0 saturated heterocycles. The maximum absolute atomic E-state index is 13.3. The highest BCUT2D eigenvalue weighted by Crippen LogP contribution is 2.20. The van der Waals surface area contributed by atoms with Gasteiger partial charge in [0.05, 0.1) is 0 Å². The first-order valence-corrected chi connectivity index (χ1v) is 6.62. The predicted octanol–water partition coefficient (Wildman–Crippen LogP) is 4.36. The van der Waals surface area contributed by atoms with Crippen LogP contribution in [-0.2, 0) is 0 Å². The third-order valence-electron chi connectivity index (χ3n) is 2.49. The Morgan fingerprint density at radius 3 is 2.20 bits per heavy atom. The summed E-state index contributed by atoms with van der Waals surface area (Å²) >= 11 is 3.30. The number of ether oxygens (including phenoxy) is 1. The lowest BCUT2D eigenvalue weighted by Gasteiger charge is -2.10. The van der Waals surface area contributed by atoms with Crippen LogP contribution in [0.5, 0.6) is 5.75 Å². The summed E-state index contributed by atoms with van der Waals surface area (Å²) in [5.41, 5.74) is -0.356. The van der Waals surface area contributed by atoms with E-state index in [1.807, 2.05) is 12.1 Å². The monoisotopic (exact) mass is 345 g/mol. The molecular weight excluding hydrogens is 335 g/mol. The molecule has 106 valence electrons. The average molecular weight is 346 g/mol. The number of rotatable bonds is 5. The Balaban J connectivity index is 1.86. The van der Waals surface area contributed by atoms with Gasteiger partial charge in [0.2, 0.25) is 0 Å². The Bertz CT molecular complexity index is 566. The number of nitrogens with one attached hydrogen (secondary N) is 1. The Hall–Kier alpha value is -1.69. The second-order valence-electron chi connectivity index (χ2n) is 3.97. The van der Waals surface area contributed by atoms with Crippen molar-refractivity contribution in [3.05, 3.63) is 58.3 Å². The molecule has 2 rings (SSSR count). The Kier molecular flexibility index (Phi) is 4.89. The zero-order chi connectivity index (χ0) is 14.5. The normalized spacial score (nSPS) is 10.4. The first-order valence-electron chi connectivity index (χ1n) is 5.83. The largest absolute Gasteiger partial charge is 0.492 e. The van der Waals surface area contributed by atoms with Crippen LogP contribution in [0.25, 0.3) is 0 Å². The van der Waals surface area contributed by atoms with Crippen LogP contribution in [-0.4, -0.2) is 13.2 Å². The van der Waals surface area contributed by atoms with Crippen molar-refractivity contribution in [3.8, 4) is 5.75 Å². The molecule has 0 heterocycles. The van der Waals surface area contributed by atoms with Crippen LogP contribution in [0.3, 0.4) is 0 Å². The number of hydrogen-bond donors (Lipinski definition) is 1. The fraction of sp³-hybridized carbons (Fsp3) is 0.143. The van der Waals surface area contributed by atoms with Gasteiger partial charge in [-0.2, -0.15) is 0 Å². The molecule has 0 aliphatic rings. The molecule has 0 aliphatic carbocycles. The minimum Gasteiger partial charge on any atom is -0.492 e. The quantitative estimate of drug-likeness (QED) is 0.813. The van der Waals surface area contributed by atoms with Gasteiger partial charge in [0.1, 0.15) is 23.9 Å². The highest BCUT2D eigenvalue weighted by Gasteiger charge is 2.10. The van der Waals surface area contributed by atoms with Gasteiger partial charge in [0.15, 0.2) is 11.6 Å². The molecule has 0 spiro atoms. The summed E-state index contributed by atoms with van der Waals surface area (Å²) in [6, 6.07) is 8.43. The van der Waals surface area contributed by atoms with E-state index in [2.05, 4.69) is 21.2 Å². The van der Waals surface area contributed by atoms with Crippen LogP contribution in [0.4, 0.5) is 18.9 Å². The molecule has 1 N–H and O–H groups in total. The van der Waals surface area contributed by atoms with Crippen molar-refractivity contribution in [2.75, 3.05) is 18.5 Å². The van der Waals surface area contributed by atoms with Crippen LogP contribution in [0.2, 0.25) is 0 Å². The summed E-state index contributed by atoms with van der Waals surface area (Å²) in [6.07, 6.45) is 0. The van der Waals surface area contributed by atoms with Crippen molar-refractivity contribution in [1.82, 2.24) is 0 Å². The summed E-state index contributed by atoms with van der Waals surface area (Å²) in [5.74, 6) is -2.23. The van der Waals surface area contributed by atoms with Crippen LogP contribution in [0.1, 0.15) is 0 Å². The van der Waals surface area contributed by atoms with E-state index >= 15 is 0 Å². The van der Waals surface area contributed by atoms with Crippen molar-refractivity contribution in [2.24, 2.45) is 0 Å². The van der Waals surface area contributed by atoms with E-state index in [1.54, 1.807) is 12.1 Å². The van der Waals surface area contributed by atoms with E-state index in [0.29, 0.717) is 17.9 Å². The average Bonchev–Trinajstić information content (AvgIpc) is 2.39. The highest BCUT2D eigenvalue weighted by molar-refractivity contribution is 9.10. The van der Waals surface area contributed by atoms with E-state index in [4.69, 9.17) is 4.74 Å². The fourth-order valence-electron chi connectivity index (χ4n) is 1.59. The lowest BCUT2D eigenvalue weighted by molar-refractivity contribution is 0.332. The third-order valence-corrected chi connectivity index (χ3v) is 3.02. The van der Waals surface area contributed by atoms with Crippen LogP contribution in [0.15, 0.2) is 40.9 Å². The van der Waals surface area contributed by atoms with E-state index in [9.17, 15) is 13.2 Å². The SMILES string of the molecule is Fc1cc(F)c(NCCOc2ccc(Br)cc2)c(F)c1. The maximum Gasteiger partial charge on any atom is 0.152 e. The predicted molar refractivity (Wildman–Crippen MR) is 74.4 cm³/mol. The summed E-state index contributed by atoms with van der Waals surface area (Å²) in [6.45, 7) is 0.410. The smallest absolute Gasteiger partial charge is 0.152 e. The van der Waals surface area contributed by atoms with Crippen molar-refractivity contribution < 1.29 is 17.9 Å². The zero-order valence-corrected chi connectivity index (χ0v) is 11.9. The first-order chi connectivity index (χ1) is 9.56. The summed E-state index contributed by atoms with van der Waals surface area (Å²) < 4.78 is 45.7. The molecule has 20 heavy (non-hydrogen) atoms. The van der Waals surface area contributed by atoms with E-state index in [0.717, 1.165) is 4.47 Å². The fourth-order valence-corrected chi connectivity index (χ4v) is 1.85. The molecule has 2 aromatic carbocycles. The lowest BCUT2D eigenvalue weighted by atomic mass is 10.3. The molecule has 0 fully saturated rings. The van der Waals surface area contributed by atoms with Crippen LogP contribution >= 0.6 is 15.9 Å². The minimum atomic E-state index is -0.967. The molecule has 0 unspecified atom stereocenters. The Labute approximate surface area is 122 Å². The number of halogens is 4. The second kappa shape index (κ2) is 6.65. The second-order valence-corrected chi connectivity index (χ2v) is 4.89. The number of hydrogen-bond acceptors (Lipinski definition) is 2. The number of anilines is 1. The van der Waals surface area contributed by atoms with Gasteiger partial charge in [-0.1, -0.05) is 15.9 Å². The molecule has 2 nitrogen and oxygen atoms in total. The van der Waals surface area contributed by atoms with Crippen molar-refractivity contribution >= 4 is 21.6 Å². The molecule has 0 radical (unpaired) electrons. The zero-order valence-electron chi connectivity index (χ0n) is 10.3. The Morgan fingerprint density at radius 1 is 1.00 bits per heavy atom. The van der Waals surface area contributed by atoms with E-state index in [1.165, 1.54) is 0 Å². The molecule has 0 aromatic heterocycles. The van der Waals surface area contributed by atoms with Gasteiger partial charge in [-0.3, -0.25) is 0 Å². The molecule has 2 aromatic rings. The number of benzene rings is 2. The summed E-state index contributed by atoms with van der Waals surface area (Å²) in [5, 5.41) is 2.54. The lowest BCUT2D eigenvalue weighted by Crippen LogP contribution is -2.13. The minimum absolute atomic E-state index is 0.190. The third kappa shape index (κ3) is 3.90. The maximum atomic E-state index is 13.3. The van der Waals surface area contributed by atoms with Gasteiger partial charge >= 0.3 is 0 Å². The molecule has 0 aliphatic heterocycles. The van der Waals surface area contributed by atoms with Crippen LogP contribution < -0.4 is 10.1 Å². The molecule has 0 saturated carbocycles. The standard InChI is InChI=1S/C14H11BrF3NO/c15-9-1-3-11(4-2-9)20-6-5-19-14-12(17)7-10(16)8-13(14)18/h1-4,7-8,19H,5-6H2. The van der Waals surface area contributed by atoms with E-state index in [-0.39, 0.29) is 18.8 Å². The summed E-state index contributed by atoms with van der Waals surface area (Å²) in [7, 11) is 0. The molecule has 0 atom stereocenters. The van der Waals surface area contributed by atoms with Gasteiger partial charge < -0.3 is 10.1 Å². The summed E-state index contributed by atoms with van der Waals surface area (Å²) in [4.78, 5) is 0. The van der Waals surface area contributed by atoms with Gasteiger partial charge in [0.25, 0.3) is 0 Å². The molecular formula is C14H11BrF3NO. The topological polar surface area (TPSA) is 21.3 Å². The van der Waals surface area contributed by atoms with Gasteiger partial charge in [-0.25, -0.2) is 13.2 Å².